The van der Waals surface area contributed by atoms with Crippen LogP contribution in [0.15, 0.2) is 0 Å². The van der Waals surface area contributed by atoms with Gasteiger partial charge in [0.1, 0.15) is 0 Å². The van der Waals surface area contributed by atoms with Gasteiger partial charge in [0, 0.05) is 32.8 Å². The van der Waals surface area contributed by atoms with Crippen LogP contribution in [0.5, 0.6) is 0 Å². The summed E-state index contributed by atoms with van der Waals surface area (Å²) in [5, 5.41) is 9.42. The minimum Gasteiger partial charge on any atom is -0.481 e. The maximum atomic E-state index is 12.8. The van der Waals surface area contributed by atoms with Gasteiger partial charge in [-0.1, -0.05) is 6.92 Å². The van der Waals surface area contributed by atoms with Crippen molar-refractivity contribution in [2.45, 2.75) is 39.0 Å². The van der Waals surface area contributed by atoms with Gasteiger partial charge in [-0.2, -0.15) is 0 Å². The molecular formula is C15H26N2O4. The van der Waals surface area contributed by atoms with E-state index < -0.39 is 16.8 Å². The molecule has 6 nitrogen and oxygen atoms in total. The Kier molecular flexibility index (Phi) is 4.88. The van der Waals surface area contributed by atoms with Crippen molar-refractivity contribution in [2.24, 2.45) is 16.6 Å². The first-order valence-corrected chi connectivity index (χ1v) is 7.80. The zero-order valence-corrected chi connectivity index (χ0v) is 12.8. The normalized spacial score (nSPS) is 24.6. The maximum Gasteiger partial charge on any atom is 0.309 e. The number of nitrogens with zero attached hydrogens (tertiary/aromatic N) is 1. The lowest BCUT2D eigenvalue weighted by atomic mass is 9.74. The van der Waals surface area contributed by atoms with Gasteiger partial charge in [0.15, 0.2) is 0 Å². The second kappa shape index (κ2) is 6.32. The molecule has 21 heavy (non-hydrogen) atoms. The molecule has 0 atom stereocenters. The number of piperidine rings is 1. The van der Waals surface area contributed by atoms with E-state index in [1.807, 2.05) is 11.8 Å². The monoisotopic (exact) mass is 298 g/mol. The van der Waals surface area contributed by atoms with E-state index in [-0.39, 0.29) is 5.91 Å². The molecule has 0 aromatic rings. The third kappa shape index (κ3) is 2.92. The van der Waals surface area contributed by atoms with Crippen LogP contribution in [-0.2, 0) is 14.3 Å². The van der Waals surface area contributed by atoms with Gasteiger partial charge in [0.25, 0.3) is 0 Å². The first-order chi connectivity index (χ1) is 9.99. The molecule has 0 bridgehead atoms. The fraction of sp³-hybridized carbons (Fsp3) is 0.867. The molecule has 2 heterocycles. The van der Waals surface area contributed by atoms with Crippen LogP contribution in [0, 0.1) is 10.8 Å². The number of nitrogens with two attached hydrogens (primary N) is 1. The third-order valence-corrected chi connectivity index (χ3v) is 5.43. The molecule has 0 aromatic heterocycles. The summed E-state index contributed by atoms with van der Waals surface area (Å²) in [5.74, 6) is -0.653. The number of aliphatic carboxylic acids is 1. The number of rotatable bonds is 4. The number of amides is 1. The fourth-order valence-corrected chi connectivity index (χ4v) is 3.46. The van der Waals surface area contributed by atoms with Gasteiger partial charge >= 0.3 is 5.97 Å². The van der Waals surface area contributed by atoms with E-state index in [0.717, 1.165) is 0 Å². The number of carbonyl (C=O) groups is 2. The highest BCUT2D eigenvalue weighted by atomic mass is 16.5. The summed E-state index contributed by atoms with van der Waals surface area (Å²) < 4.78 is 5.34. The van der Waals surface area contributed by atoms with Crippen molar-refractivity contribution in [3.05, 3.63) is 0 Å². The molecule has 0 spiro atoms. The van der Waals surface area contributed by atoms with Crippen molar-refractivity contribution in [3.63, 3.8) is 0 Å². The Morgan fingerprint density at radius 3 is 2.14 bits per heavy atom. The predicted octanol–water partition coefficient (Wildman–Crippen LogP) is 0.845. The van der Waals surface area contributed by atoms with Gasteiger partial charge in [0.2, 0.25) is 5.91 Å². The minimum absolute atomic E-state index is 0.0865. The van der Waals surface area contributed by atoms with Crippen LogP contribution in [0.2, 0.25) is 0 Å². The van der Waals surface area contributed by atoms with Gasteiger partial charge in [-0.05, 0) is 32.1 Å². The highest BCUT2D eigenvalue weighted by molar-refractivity contribution is 5.84. The lowest BCUT2D eigenvalue weighted by molar-refractivity contribution is -0.158. The molecule has 1 amide bonds. The van der Waals surface area contributed by atoms with Crippen molar-refractivity contribution in [1.82, 2.24) is 4.90 Å². The second-order valence-corrected chi connectivity index (χ2v) is 6.33. The molecule has 2 rings (SSSR count). The van der Waals surface area contributed by atoms with Crippen LogP contribution in [0.4, 0.5) is 0 Å². The molecule has 120 valence electrons. The molecule has 2 aliphatic heterocycles. The van der Waals surface area contributed by atoms with Gasteiger partial charge < -0.3 is 20.5 Å². The summed E-state index contributed by atoms with van der Waals surface area (Å²) in [7, 11) is 0. The summed E-state index contributed by atoms with van der Waals surface area (Å²) >= 11 is 0. The average Bonchev–Trinajstić information content (AvgIpc) is 2.54. The van der Waals surface area contributed by atoms with Crippen molar-refractivity contribution >= 4 is 11.9 Å². The number of likely N-dealkylation sites (tertiary alicyclic amines) is 1. The van der Waals surface area contributed by atoms with Gasteiger partial charge in [-0.25, -0.2) is 0 Å². The molecule has 3 N–H and O–H groups in total. The Labute approximate surface area is 125 Å². The Bertz CT molecular complexity index is 396. The Hall–Kier alpha value is -1.14. The van der Waals surface area contributed by atoms with E-state index in [1.54, 1.807) is 0 Å². The van der Waals surface area contributed by atoms with Crippen LogP contribution in [0.1, 0.15) is 39.0 Å². The number of ether oxygens (including phenoxy) is 1. The van der Waals surface area contributed by atoms with Crippen LogP contribution >= 0.6 is 0 Å². The summed E-state index contributed by atoms with van der Waals surface area (Å²) in [6, 6.07) is 0. The number of carboxylic acid groups (broad SMARTS) is 1. The molecule has 2 aliphatic rings. The number of carboxylic acids is 1. The molecular weight excluding hydrogens is 272 g/mol. The first kappa shape index (κ1) is 16.2. The Morgan fingerprint density at radius 1 is 1.14 bits per heavy atom. The largest absolute Gasteiger partial charge is 0.481 e. The highest BCUT2D eigenvalue weighted by Gasteiger charge is 2.46. The predicted molar refractivity (Wildman–Crippen MR) is 77.7 cm³/mol. The van der Waals surface area contributed by atoms with Crippen LogP contribution in [0.25, 0.3) is 0 Å². The number of carbonyl (C=O) groups excluding carboxylic acids is 1. The number of hydrogen-bond acceptors (Lipinski definition) is 4. The molecule has 0 aliphatic carbocycles. The molecule has 2 saturated heterocycles. The second-order valence-electron chi connectivity index (χ2n) is 6.33. The van der Waals surface area contributed by atoms with E-state index in [4.69, 9.17) is 10.5 Å². The molecule has 0 aromatic carbocycles. The molecule has 6 heteroatoms. The van der Waals surface area contributed by atoms with Crippen molar-refractivity contribution in [1.29, 1.82) is 0 Å². The average molecular weight is 298 g/mol. The summed E-state index contributed by atoms with van der Waals surface area (Å²) in [5.41, 5.74) is 4.71. The zero-order valence-electron chi connectivity index (χ0n) is 12.8. The smallest absolute Gasteiger partial charge is 0.309 e. The third-order valence-electron chi connectivity index (χ3n) is 5.43. The SMILES string of the molecule is CCC1(C(=O)O)CCN(C(=O)C2(CN)CCOCC2)CC1. The molecule has 0 radical (unpaired) electrons. The van der Waals surface area contributed by atoms with Crippen molar-refractivity contribution in [3.8, 4) is 0 Å². The standard InChI is InChI=1S/C15H26N2O4/c1-2-14(13(19)20)3-7-17(8-4-14)12(18)15(11-16)5-9-21-10-6-15/h2-11,16H2,1H3,(H,19,20). The van der Waals surface area contributed by atoms with E-state index in [9.17, 15) is 14.7 Å². The van der Waals surface area contributed by atoms with Crippen LogP contribution < -0.4 is 5.73 Å². The molecule has 0 saturated carbocycles. The zero-order chi connectivity index (χ0) is 15.5. The van der Waals surface area contributed by atoms with E-state index >= 15 is 0 Å². The van der Waals surface area contributed by atoms with Crippen molar-refractivity contribution < 1.29 is 19.4 Å². The fourth-order valence-electron chi connectivity index (χ4n) is 3.46. The topological polar surface area (TPSA) is 92.9 Å². The van der Waals surface area contributed by atoms with Gasteiger partial charge in [0.05, 0.1) is 10.8 Å². The van der Waals surface area contributed by atoms with Gasteiger partial charge in [-0.3, -0.25) is 9.59 Å². The highest BCUT2D eigenvalue weighted by Crippen LogP contribution is 2.38. The van der Waals surface area contributed by atoms with E-state index in [2.05, 4.69) is 0 Å². The summed E-state index contributed by atoms with van der Waals surface area (Å²) in [4.78, 5) is 26.1. The van der Waals surface area contributed by atoms with Crippen LogP contribution in [0.3, 0.4) is 0 Å². The van der Waals surface area contributed by atoms with E-state index in [0.29, 0.717) is 65.0 Å². The lowest BCUT2D eigenvalue weighted by Gasteiger charge is -2.43. The number of hydrogen-bond donors (Lipinski definition) is 2. The minimum atomic E-state index is -0.739. The summed E-state index contributed by atoms with van der Waals surface area (Å²) in [6.45, 7) is 4.42. The molecule has 2 fully saturated rings. The Balaban J connectivity index is 2.04. The Morgan fingerprint density at radius 2 is 1.71 bits per heavy atom. The lowest BCUT2D eigenvalue weighted by Crippen LogP contribution is -2.54. The van der Waals surface area contributed by atoms with Crippen molar-refractivity contribution in [2.75, 3.05) is 32.8 Å². The summed E-state index contributed by atoms with van der Waals surface area (Å²) in [6.07, 6.45) is 3.00. The first-order valence-electron chi connectivity index (χ1n) is 7.80. The quantitative estimate of drug-likeness (QED) is 0.802. The maximum absolute atomic E-state index is 12.8. The van der Waals surface area contributed by atoms with E-state index in [1.165, 1.54) is 0 Å². The molecule has 0 unspecified atom stereocenters. The van der Waals surface area contributed by atoms with Crippen LogP contribution in [-0.4, -0.2) is 54.7 Å². The van der Waals surface area contributed by atoms with Gasteiger partial charge in [-0.15, -0.1) is 0 Å².